The monoisotopic (exact) mass is 252 g/mol. The Balaban J connectivity index is 2.08. The summed E-state index contributed by atoms with van der Waals surface area (Å²) in [5, 5.41) is 19.0. The molecule has 0 aliphatic carbocycles. The number of aliphatic hydroxyl groups excluding tert-OH is 1. The van der Waals surface area contributed by atoms with E-state index in [1.807, 2.05) is 6.92 Å². The van der Waals surface area contributed by atoms with Gasteiger partial charge >= 0.3 is 0 Å². The third kappa shape index (κ3) is 2.36. The normalized spacial score (nSPS) is 31.7. The van der Waals surface area contributed by atoms with Gasteiger partial charge in [0.1, 0.15) is 5.41 Å². The van der Waals surface area contributed by atoms with Gasteiger partial charge in [-0.3, -0.25) is 4.79 Å². The summed E-state index contributed by atoms with van der Waals surface area (Å²) in [5.41, 5.74) is -0.903. The number of likely N-dealkylation sites (tertiary alicyclic amines) is 1. The van der Waals surface area contributed by atoms with Crippen LogP contribution in [-0.4, -0.2) is 48.3 Å². The number of nitriles is 1. The molecule has 1 amide bonds. The van der Waals surface area contributed by atoms with Crippen molar-refractivity contribution < 1.29 is 14.6 Å². The molecule has 2 saturated heterocycles. The Labute approximate surface area is 107 Å². The van der Waals surface area contributed by atoms with Crippen LogP contribution in [0.2, 0.25) is 0 Å². The average molecular weight is 252 g/mol. The first-order valence-corrected chi connectivity index (χ1v) is 6.55. The number of nitrogens with zero attached hydrogens (tertiary/aromatic N) is 2. The van der Waals surface area contributed by atoms with Crippen molar-refractivity contribution >= 4 is 5.91 Å². The lowest BCUT2D eigenvalue weighted by Crippen LogP contribution is -2.52. The molecule has 2 aliphatic rings. The molecule has 100 valence electrons. The Bertz CT molecular complexity index is 358. The van der Waals surface area contributed by atoms with Gasteiger partial charge in [0.05, 0.1) is 12.2 Å². The fraction of sp³-hybridized carbons (Fsp3) is 0.846. The zero-order valence-electron chi connectivity index (χ0n) is 10.8. The van der Waals surface area contributed by atoms with Crippen molar-refractivity contribution in [3.63, 3.8) is 0 Å². The Morgan fingerprint density at radius 3 is 2.72 bits per heavy atom. The molecule has 2 atom stereocenters. The predicted molar refractivity (Wildman–Crippen MR) is 64.5 cm³/mol. The molecule has 0 bridgehead atoms. The van der Waals surface area contributed by atoms with E-state index in [1.165, 1.54) is 0 Å². The fourth-order valence-electron chi connectivity index (χ4n) is 2.71. The Hall–Kier alpha value is -1.12. The molecular formula is C13H20N2O3. The van der Waals surface area contributed by atoms with Crippen LogP contribution in [0.25, 0.3) is 0 Å². The van der Waals surface area contributed by atoms with Gasteiger partial charge in [-0.05, 0) is 25.2 Å². The average Bonchev–Trinajstić information content (AvgIpc) is 2.42. The van der Waals surface area contributed by atoms with Gasteiger partial charge in [0.25, 0.3) is 0 Å². The van der Waals surface area contributed by atoms with E-state index in [0.29, 0.717) is 45.6 Å². The van der Waals surface area contributed by atoms with E-state index in [-0.39, 0.29) is 17.9 Å². The third-order valence-corrected chi connectivity index (χ3v) is 4.12. The van der Waals surface area contributed by atoms with Crippen molar-refractivity contribution in [2.45, 2.75) is 32.3 Å². The van der Waals surface area contributed by atoms with Crippen molar-refractivity contribution in [1.82, 2.24) is 4.90 Å². The van der Waals surface area contributed by atoms with E-state index >= 15 is 0 Å². The number of hydrogen-bond donors (Lipinski definition) is 1. The topological polar surface area (TPSA) is 73.6 Å². The molecule has 2 fully saturated rings. The molecule has 0 radical (unpaired) electrons. The van der Waals surface area contributed by atoms with Gasteiger partial charge in [0.2, 0.25) is 5.91 Å². The van der Waals surface area contributed by atoms with Gasteiger partial charge in [0.15, 0.2) is 0 Å². The molecule has 2 heterocycles. The molecule has 0 aromatic carbocycles. The largest absolute Gasteiger partial charge is 0.393 e. The molecule has 0 saturated carbocycles. The van der Waals surface area contributed by atoms with Gasteiger partial charge in [0, 0.05) is 26.3 Å². The highest BCUT2D eigenvalue weighted by Crippen LogP contribution is 2.33. The molecule has 1 N–H and O–H groups in total. The standard InChI is InChI=1S/C13H20N2O3/c1-10-8-15(5-2-11(10)16)12(17)13(9-14)3-6-18-7-4-13/h10-11,16H,2-8H2,1H3. The van der Waals surface area contributed by atoms with Crippen molar-refractivity contribution in [3.05, 3.63) is 0 Å². The smallest absolute Gasteiger partial charge is 0.243 e. The lowest BCUT2D eigenvalue weighted by molar-refractivity contribution is -0.147. The Morgan fingerprint density at radius 2 is 2.17 bits per heavy atom. The number of carbonyl (C=O) groups excluding carboxylic acids is 1. The lowest BCUT2D eigenvalue weighted by Gasteiger charge is -2.39. The van der Waals surface area contributed by atoms with E-state index < -0.39 is 5.41 Å². The second-order valence-electron chi connectivity index (χ2n) is 5.39. The first kappa shape index (κ1) is 13.3. The van der Waals surface area contributed by atoms with E-state index in [0.717, 1.165) is 0 Å². The first-order chi connectivity index (χ1) is 8.59. The SMILES string of the molecule is CC1CN(C(=O)C2(C#N)CCOCC2)CCC1O. The maximum atomic E-state index is 12.5. The molecule has 18 heavy (non-hydrogen) atoms. The first-order valence-electron chi connectivity index (χ1n) is 6.55. The van der Waals surface area contributed by atoms with Crippen molar-refractivity contribution in [3.8, 4) is 6.07 Å². The van der Waals surface area contributed by atoms with Crippen LogP contribution in [0.15, 0.2) is 0 Å². The Kier molecular flexibility index (Phi) is 3.88. The van der Waals surface area contributed by atoms with Crippen LogP contribution in [0.5, 0.6) is 0 Å². The molecule has 5 nitrogen and oxygen atoms in total. The summed E-state index contributed by atoms with van der Waals surface area (Å²) >= 11 is 0. The molecular weight excluding hydrogens is 232 g/mol. The van der Waals surface area contributed by atoms with Crippen LogP contribution in [0.4, 0.5) is 0 Å². The maximum Gasteiger partial charge on any atom is 0.243 e. The molecule has 0 aromatic rings. The molecule has 0 spiro atoms. The minimum atomic E-state index is -0.903. The quantitative estimate of drug-likeness (QED) is 0.739. The number of ether oxygens (including phenoxy) is 1. The van der Waals surface area contributed by atoms with Gasteiger partial charge < -0.3 is 14.7 Å². The summed E-state index contributed by atoms with van der Waals surface area (Å²) in [5.74, 6) is 0.00494. The van der Waals surface area contributed by atoms with Gasteiger partial charge in [-0.25, -0.2) is 0 Å². The van der Waals surface area contributed by atoms with E-state index in [2.05, 4.69) is 6.07 Å². The number of aliphatic hydroxyl groups is 1. The van der Waals surface area contributed by atoms with Crippen LogP contribution in [-0.2, 0) is 9.53 Å². The van der Waals surface area contributed by atoms with E-state index in [1.54, 1.807) is 4.90 Å². The van der Waals surface area contributed by atoms with Crippen molar-refractivity contribution in [2.75, 3.05) is 26.3 Å². The van der Waals surface area contributed by atoms with Gasteiger partial charge in [-0.1, -0.05) is 6.92 Å². The van der Waals surface area contributed by atoms with Gasteiger partial charge in [-0.2, -0.15) is 5.26 Å². The molecule has 2 aliphatic heterocycles. The Morgan fingerprint density at radius 1 is 1.50 bits per heavy atom. The lowest BCUT2D eigenvalue weighted by atomic mass is 9.79. The van der Waals surface area contributed by atoms with Gasteiger partial charge in [-0.15, -0.1) is 0 Å². The van der Waals surface area contributed by atoms with Crippen LogP contribution in [0.1, 0.15) is 26.2 Å². The number of piperidine rings is 1. The number of carbonyl (C=O) groups is 1. The molecule has 2 rings (SSSR count). The summed E-state index contributed by atoms with van der Waals surface area (Å²) in [6.45, 7) is 3.99. The summed E-state index contributed by atoms with van der Waals surface area (Å²) < 4.78 is 5.24. The predicted octanol–water partition coefficient (Wildman–Crippen LogP) is 0.536. The summed E-state index contributed by atoms with van der Waals surface area (Å²) in [4.78, 5) is 14.3. The minimum Gasteiger partial charge on any atom is -0.393 e. The zero-order chi connectivity index (χ0) is 13.2. The van der Waals surface area contributed by atoms with Crippen LogP contribution in [0, 0.1) is 22.7 Å². The highest BCUT2D eigenvalue weighted by atomic mass is 16.5. The number of amides is 1. The zero-order valence-corrected chi connectivity index (χ0v) is 10.8. The highest BCUT2D eigenvalue weighted by molar-refractivity contribution is 5.85. The number of hydrogen-bond acceptors (Lipinski definition) is 4. The van der Waals surface area contributed by atoms with Crippen LogP contribution < -0.4 is 0 Å². The second kappa shape index (κ2) is 5.25. The maximum absolute atomic E-state index is 12.5. The summed E-state index contributed by atoms with van der Waals surface area (Å²) in [6, 6.07) is 2.21. The molecule has 0 aromatic heterocycles. The van der Waals surface area contributed by atoms with Crippen molar-refractivity contribution in [2.24, 2.45) is 11.3 Å². The second-order valence-corrected chi connectivity index (χ2v) is 5.39. The third-order valence-electron chi connectivity index (χ3n) is 4.12. The van der Waals surface area contributed by atoms with Crippen LogP contribution in [0.3, 0.4) is 0 Å². The van der Waals surface area contributed by atoms with E-state index in [9.17, 15) is 15.2 Å². The molecule has 2 unspecified atom stereocenters. The van der Waals surface area contributed by atoms with Crippen LogP contribution >= 0.6 is 0 Å². The summed E-state index contributed by atoms with van der Waals surface area (Å²) in [7, 11) is 0. The minimum absolute atomic E-state index is 0.0768. The molecule has 5 heteroatoms. The van der Waals surface area contributed by atoms with Crippen molar-refractivity contribution in [1.29, 1.82) is 5.26 Å². The summed E-state index contributed by atoms with van der Waals surface area (Å²) in [6.07, 6.45) is 1.23. The highest BCUT2D eigenvalue weighted by Gasteiger charge is 2.44. The number of rotatable bonds is 1. The van der Waals surface area contributed by atoms with E-state index in [4.69, 9.17) is 4.74 Å². The fourth-order valence-corrected chi connectivity index (χ4v) is 2.71.